The summed E-state index contributed by atoms with van der Waals surface area (Å²) in [5.41, 5.74) is 6.79. The number of phenols is 1. The number of nitrogen functional groups attached to an aromatic ring is 1. The zero-order valence-corrected chi connectivity index (χ0v) is 11.6. The van der Waals surface area contributed by atoms with Crippen LogP contribution in [0.4, 0.5) is 5.82 Å². The number of aromatic hydroxyl groups is 1. The number of nitrogens with two attached hydrogens (primary N) is 1. The van der Waals surface area contributed by atoms with Crippen molar-refractivity contribution in [3.63, 3.8) is 0 Å². The second-order valence-electron chi connectivity index (χ2n) is 4.69. The van der Waals surface area contributed by atoms with Crippen molar-refractivity contribution in [1.82, 2.24) is 14.7 Å². The van der Waals surface area contributed by atoms with Crippen LogP contribution in [0.15, 0.2) is 18.2 Å². The van der Waals surface area contributed by atoms with Crippen LogP contribution in [0.2, 0.25) is 0 Å². The maximum atomic E-state index is 9.56. The number of anilines is 1. The molecule has 0 saturated carbocycles. The van der Waals surface area contributed by atoms with Crippen molar-refractivity contribution in [2.24, 2.45) is 0 Å². The van der Waals surface area contributed by atoms with Crippen LogP contribution in [0.25, 0.3) is 10.9 Å². The van der Waals surface area contributed by atoms with Gasteiger partial charge in [-0.2, -0.15) is 5.10 Å². The van der Waals surface area contributed by atoms with Gasteiger partial charge in [-0.15, -0.1) is 0 Å². The van der Waals surface area contributed by atoms with Gasteiger partial charge >= 0.3 is 0 Å². The summed E-state index contributed by atoms with van der Waals surface area (Å²) in [5.74, 6) is 0.773. The number of nitrogens with zero attached hydrogens (tertiary/aromatic N) is 3. The molecule has 0 aliphatic carbocycles. The van der Waals surface area contributed by atoms with Crippen LogP contribution >= 0.6 is 0 Å². The quantitative estimate of drug-likeness (QED) is 0.836. The maximum absolute atomic E-state index is 9.56. The van der Waals surface area contributed by atoms with Gasteiger partial charge in [0, 0.05) is 18.0 Å². The SMILES string of the molecule is CCN(CC)CCCn1nc(N)c2ccc(O)cc21. The highest BCUT2D eigenvalue weighted by molar-refractivity contribution is 5.90. The van der Waals surface area contributed by atoms with E-state index in [4.69, 9.17) is 5.73 Å². The van der Waals surface area contributed by atoms with E-state index in [2.05, 4.69) is 23.8 Å². The van der Waals surface area contributed by atoms with Crippen LogP contribution < -0.4 is 5.73 Å². The average Bonchev–Trinajstić information content (AvgIpc) is 2.71. The molecule has 1 heterocycles. The Balaban J connectivity index is 2.10. The zero-order valence-electron chi connectivity index (χ0n) is 11.6. The van der Waals surface area contributed by atoms with Crippen LogP contribution in [0, 0.1) is 0 Å². The fraction of sp³-hybridized carbons (Fsp3) is 0.500. The summed E-state index contributed by atoms with van der Waals surface area (Å²) in [7, 11) is 0. The topological polar surface area (TPSA) is 67.3 Å². The third-order valence-corrected chi connectivity index (χ3v) is 3.50. The van der Waals surface area contributed by atoms with Gasteiger partial charge in [-0.05, 0) is 38.2 Å². The Kier molecular flexibility index (Phi) is 4.27. The molecule has 0 aliphatic heterocycles. The highest BCUT2D eigenvalue weighted by Gasteiger charge is 2.08. The molecule has 104 valence electrons. The molecule has 0 bridgehead atoms. The molecule has 0 spiro atoms. The number of phenolic OH excluding ortho intramolecular Hbond substituents is 1. The normalized spacial score (nSPS) is 11.5. The number of benzene rings is 1. The molecular weight excluding hydrogens is 240 g/mol. The molecule has 1 aromatic heterocycles. The molecule has 0 aliphatic rings. The smallest absolute Gasteiger partial charge is 0.153 e. The van der Waals surface area contributed by atoms with Crippen molar-refractivity contribution in [1.29, 1.82) is 0 Å². The molecule has 5 nitrogen and oxygen atoms in total. The Hall–Kier alpha value is -1.75. The van der Waals surface area contributed by atoms with Gasteiger partial charge in [-0.3, -0.25) is 4.68 Å². The maximum Gasteiger partial charge on any atom is 0.153 e. The van der Waals surface area contributed by atoms with Crippen LogP contribution in [0.1, 0.15) is 20.3 Å². The van der Waals surface area contributed by atoms with E-state index >= 15 is 0 Å². The molecule has 0 fully saturated rings. The first kappa shape index (κ1) is 13.7. The number of rotatable bonds is 6. The van der Waals surface area contributed by atoms with E-state index in [0.717, 1.165) is 43.5 Å². The first-order chi connectivity index (χ1) is 9.15. The van der Waals surface area contributed by atoms with Gasteiger partial charge < -0.3 is 15.7 Å². The predicted octanol–water partition coefficient (Wildman–Crippen LogP) is 2.06. The summed E-state index contributed by atoms with van der Waals surface area (Å²) in [4.78, 5) is 2.38. The largest absolute Gasteiger partial charge is 0.508 e. The van der Waals surface area contributed by atoms with Crippen molar-refractivity contribution in [3.05, 3.63) is 18.2 Å². The fourth-order valence-electron chi connectivity index (χ4n) is 2.34. The van der Waals surface area contributed by atoms with Crippen molar-refractivity contribution in [3.8, 4) is 5.75 Å². The molecule has 0 radical (unpaired) electrons. The highest BCUT2D eigenvalue weighted by Crippen LogP contribution is 2.24. The lowest BCUT2D eigenvalue weighted by Gasteiger charge is -2.17. The number of hydrogen-bond donors (Lipinski definition) is 2. The van der Waals surface area contributed by atoms with Gasteiger partial charge in [0.05, 0.1) is 5.52 Å². The lowest BCUT2D eigenvalue weighted by Crippen LogP contribution is -2.25. The van der Waals surface area contributed by atoms with Gasteiger partial charge in [-0.25, -0.2) is 0 Å². The number of hydrogen-bond acceptors (Lipinski definition) is 4. The molecule has 3 N–H and O–H groups in total. The summed E-state index contributed by atoms with van der Waals surface area (Å²) < 4.78 is 1.88. The van der Waals surface area contributed by atoms with Gasteiger partial charge in [0.1, 0.15) is 5.75 Å². The van der Waals surface area contributed by atoms with Crippen molar-refractivity contribution < 1.29 is 5.11 Å². The van der Waals surface area contributed by atoms with E-state index < -0.39 is 0 Å². The van der Waals surface area contributed by atoms with E-state index in [1.54, 1.807) is 12.1 Å². The number of fused-ring (bicyclic) bond motifs is 1. The lowest BCUT2D eigenvalue weighted by molar-refractivity contribution is 0.292. The zero-order chi connectivity index (χ0) is 13.8. The van der Waals surface area contributed by atoms with Crippen molar-refractivity contribution >= 4 is 16.7 Å². The third-order valence-electron chi connectivity index (χ3n) is 3.50. The second kappa shape index (κ2) is 5.93. The van der Waals surface area contributed by atoms with Crippen LogP contribution in [-0.4, -0.2) is 39.4 Å². The molecule has 0 saturated heterocycles. The van der Waals surface area contributed by atoms with Crippen molar-refractivity contribution in [2.45, 2.75) is 26.8 Å². The number of aromatic nitrogens is 2. The van der Waals surface area contributed by atoms with Gasteiger partial charge in [0.25, 0.3) is 0 Å². The Labute approximate surface area is 113 Å². The summed E-state index contributed by atoms with van der Waals surface area (Å²) in [6, 6.07) is 5.17. The standard InChI is InChI=1S/C14H22N4O/c1-3-17(4-2)8-5-9-18-13-10-11(19)6-7-12(13)14(15)16-18/h6-7,10,19H,3-5,8-9H2,1-2H3,(H2,15,16). The van der Waals surface area contributed by atoms with E-state index in [1.807, 2.05) is 10.7 Å². The first-order valence-corrected chi connectivity index (χ1v) is 6.83. The lowest BCUT2D eigenvalue weighted by atomic mass is 10.2. The molecular formula is C14H22N4O. The summed E-state index contributed by atoms with van der Waals surface area (Å²) in [6.07, 6.45) is 1.02. The minimum absolute atomic E-state index is 0.248. The summed E-state index contributed by atoms with van der Waals surface area (Å²) in [5, 5.41) is 14.8. The van der Waals surface area contributed by atoms with Crippen LogP contribution in [0.5, 0.6) is 5.75 Å². The van der Waals surface area contributed by atoms with Gasteiger partial charge in [0.15, 0.2) is 5.82 Å². The molecule has 2 rings (SSSR count). The van der Waals surface area contributed by atoms with E-state index in [-0.39, 0.29) is 5.75 Å². The molecule has 0 amide bonds. The summed E-state index contributed by atoms with van der Waals surface area (Å²) >= 11 is 0. The monoisotopic (exact) mass is 262 g/mol. The Morgan fingerprint density at radius 2 is 2.05 bits per heavy atom. The second-order valence-corrected chi connectivity index (χ2v) is 4.69. The van der Waals surface area contributed by atoms with Crippen molar-refractivity contribution in [2.75, 3.05) is 25.4 Å². The van der Waals surface area contributed by atoms with Crippen LogP contribution in [-0.2, 0) is 6.54 Å². The Morgan fingerprint density at radius 3 is 2.74 bits per heavy atom. The molecule has 0 atom stereocenters. The van der Waals surface area contributed by atoms with E-state index in [1.165, 1.54) is 0 Å². The summed E-state index contributed by atoms with van der Waals surface area (Å²) in [6.45, 7) is 8.34. The first-order valence-electron chi connectivity index (χ1n) is 6.83. The van der Waals surface area contributed by atoms with Gasteiger partial charge in [-0.1, -0.05) is 13.8 Å². The third kappa shape index (κ3) is 2.98. The number of aryl methyl sites for hydroxylation is 1. The Bertz CT molecular complexity index is 546. The molecule has 1 aromatic carbocycles. The van der Waals surface area contributed by atoms with Gasteiger partial charge in [0.2, 0.25) is 0 Å². The van der Waals surface area contributed by atoms with E-state index in [9.17, 15) is 5.11 Å². The minimum atomic E-state index is 0.248. The fourth-order valence-corrected chi connectivity index (χ4v) is 2.34. The van der Waals surface area contributed by atoms with E-state index in [0.29, 0.717) is 5.82 Å². The minimum Gasteiger partial charge on any atom is -0.508 e. The molecule has 0 unspecified atom stereocenters. The Morgan fingerprint density at radius 1 is 1.32 bits per heavy atom. The molecule has 19 heavy (non-hydrogen) atoms. The average molecular weight is 262 g/mol. The predicted molar refractivity (Wildman–Crippen MR) is 78.2 cm³/mol. The highest BCUT2D eigenvalue weighted by atomic mass is 16.3. The molecule has 2 aromatic rings. The van der Waals surface area contributed by atoms with Crippen LogP contribution in [0.3, 0.4) is 0 Å². The molecule has 5 heteroatoms.